The number of aliphatic carboxylic acids is 2. The van der Waals surface area contributed by atoms with Gasteiger partial charge in [-0.3, -0.25) is 19.2 Å². The third-order valence-electron chi connectivity index (χ3n) is 4.21. The summed E-state index contributed by atoms with van der Waals surface area (Å²) in [5.41, 5.74) is 5.85. The van der Waals surface area contributed by atoms with Crippen molar-refractivity contribution in [2.75, 3.05) is 6.61 Å². The molecule has 0 radical (unpaired) electrons. The fourth-order valence-electron chi connectivity index (χ4n) is 2.71. The Kier molecular flexibility index (Phi) is 12.4. The van der Waals surface area contributed by atoms with Gasteiger partial charge in [0.1, 0.15) is 18.1 Å². The summed E-state index contributed by atoms with van der Waals surface area (Å²) in [5, 5.41) is 33.8. The van der Waals surface area contributed by atoms with E-state index >= 15 is 0 Å². The Morgan fingerprint density at radius 2 is 1.19 bits per heavy atom. The van der Waals surface area contributed by atoms with Gasteiger partial charge in [0.2, 0.25) is 17.7 Å². The SMILES string of the molecule is CC(C)CC(N)C(=O)NC(CC(C)C)C(=O)NC(CC(=O)O)C(=O)NC(CO)C(=O)O. The van der Waals surface area contributed by atoms with E-state index in [4.69, 9.17) is 21.1 Å². The summed E-state index contributed by atoms with van der Waals surface area (Å²) in [6, 6.07) is -5.21. The Labute approximate surface area is 180 Å². The van der Waals surface area contributed by atoms with Crippen LogP contribution < -0.4 is 21.7 Å². The Hall–Kier alpha value is -2.73. The minimum Gasteiger partial charge on any atom is -0.481 e. The van der Waals surface area contributed by atoms with Gasteiger partial charge < -0.3 is 37.0 Å². The molecule has 12 heteroatoms. The first-order valence-electron chi connectivity index (χ1n) is 10.0. The van der Waals surface area contributed by atoms with Crippen LogP contribution in [0.2, 0.25) is 0 Å². The van der Waals surface area contributed by atoms with Gasteiger partial charge in [-0.25, -0.2) is 4.79 Å². The second kappa shape index (κ2) is 13.5. The summed E-state index contributed by atoms with van der Waals surface area (Å²) >= 11 is 0. The lowest BCUT2D eigenvalue weighted by atomic mass is 10.00. The fourth-order valence-corrected chi connectivity index (χ4v) is 2.71. The van der Waals surface area contributed by atoms with Gasteiger partial charge in [0.15, 0.2) is 0 Å². The lowest BCUT2D eigenvalue weighted by Gasteiger charge is -2.25. The van der Waals surface area contributed by atoms with E-state index in [0.29, 0.717) is 6.42 Å². The van der Waals surface area contributed by atoms with E-state index < -0.39 is 66.9 Å². The molecule has 0 rings (SSSR count). The van der Waals surface area contributed by atoms with Gasteiger partial charge in [-0.2, -0.15) is 0 Å². The Bertz CT molecular complexity index is 653. The number of hydrogen-bond acceptors (Lipinski definition) is 7. The average molecular weight is 447 g/mol. The van der Waals surface area contributed by atoms with Crippen molar-refractivity contribution in [1.82, 2.24) is 16.0 Å². The van der Waals surface area contributed by atoms with Gasteiger partial charge in [-0.05, 0) is 24.7 Å². The number of aliphatic hydroxyl groups excluding tert-OH is 1. The van der Waals surface area contributed by atoms with Crippen molar-refractivity contribution < 1.29 is 39.3 Å². The standard InChI is InChI=1S/C19H34N4O8/c1-9(2)5-11(20)16(27)21-12(6-10(3)4)17(28)22-13(7-15(25)26)18(29)23-14(8-24)19(30)31/h9-14,24H,5-8,20H2,1-4H3,(H,21,27)(H,22,28)(H,23,29)(H,25,26)(H,30,31). The van der Waals surface area contributed by atoms with Crippen LogP contribution in [0.3, 0.4) is 0 Å². The molecular weight excluding hydrogens is 412 g/mol. The molecule has 0 aromatic rings. The molecule has 8 N–H and O–H groups in total. The lowest BCUT2D eigenvalue weighted by Crippen LogP contribution is -2.58. The van der Waals surface area contributed by atoms with Gasteiger partial charge in [0, 0.05) is 0 Å². The van der Waals surface area contributed by atoms with Crippen LogP contribution in [0, 0.1) is 11.8 Å². The monoisotopic (exact) mass is 446 g/mol. The molecule has 0 bridgehead atoms. The molecule has 0 saturated carbocycles. The molecular formula is C19H34N4O8. The molecule has 0 aliphatic rings. The van der Waals surface area contributed by atoms with E-state index in [1.165, 1.54) is 0 Å². The van der Waals surface area contributed by atoms with Crippen LogP contribution in [0.15, 0.2) is 0 Å². The van der Waals surface area contributed by atoms with Crippen molar-refractivity contribution >= 4 is 29.7 Å². The first-order valence-corrected chi connectivity index (χ1v) is 10.0. The molecule has 0 aliphatic heterocycles. The Morgan fingerprint density at radius 3 is 1.61 bits per heavy atom. The maximum absolute atomic E-state index is 12.7. The number of amides is 3. The number of carbonyl (C=O) groups excluding carboxylic acids is 3. The zero-order chi connectivity index (χ0) is 24.3. The minimum atomic E-state index is -1.67. The third-order valence-corrected chi connectivity index (χ3v) is 4.21. The van der Waals surface area contributed by atoms with E-state index in [2.05, 4.69) is 10.6 Å². The van der Waals surface area contributed by atoms with Crippen molar-refractivity contribution in [3.63, 3.8) is 0 Å². The number of nitrogens with one attached hydrogen (secondary N) is 3. The predicted molar refractivity (Wildman–Crippen MR) is 110 cm³/mol. The zero-order valence-electron chi connectivity index (χ0n) is 18.3. The second-order valence-electron chi connectivity index (χ2n) is 8.17. The van der Waals surface area contributed by atoms with E-state index in [9.17, 15) is 24.0 Å². The predicted octanol–water partition coefficient (Wildman–Crippen LogP) is -1.59. The highest BCUT2D eigenvalue weighted by atomic mass is 16.4. The van der Waals surface area contributed by atoms with Gasteiger partial charge in [0.25, 0.3) is 0 Å². The maximum atomic E-state index is 12.7. The molecule has 0 heterocycles. The number of carboxylic acid groups (broad SMARTS) is 2. The summed E-state index contributed by atoms with van der Waals surface area (Å²) in [6.45, 7) is 6.46. The van der Waals surface area contributed by atoms with Gasteiger partial charge in [-0.1, -0.05) is 27.7 Å². The van der Waals surface area contributed by atoms with Crippen molar-refractivity contribution in [2.24, 2.45) is 17.6 Å². The quantitative estimate of drug-likeness (QED) is 0.164. The first kappa shape index (κ1) is 28.3. The average Bonchev–Trinajstić information content (AvgIpc) is 2.62. The first-order chi connectivity index (χ1) is 14.3. The van der Waals surface area contributed by atoms with Crippen molar-refractivity contribution in [1.29, 1.82) is 0 Å². The molecule has 4 atom stereocenters. The van der Waals surface area contributed by atoms with E-state index in [1.54, 1.807) is 13.8 Å². The van der Waals surface area contributed by atoms with E-state index in [-0.39, 0.29) is 18.3 Å². The van der Waals surface area contributed by atoms with Crippen molar-refractivity contribution in [3.8, 4) is 0 Å². The molecule has 0 saturated heterocycles. The summed E-state index contributed by atoms with van der Waals surface area (Å²) < 4.78 is 0. The molecule has 4 unspecified atom stereocenters. The highest BCUT2D eigenvalue weighted by Crippen LogP contribution is 2.08. The van der Waals surface area contributed by atoms with Crippen LogP contribution in [0.4, 0.5) is 0 Å². The summed E-state index contributed by atoms with van der Waals surface area (Å²) in [7, 11) is 0. The maximum Gasteiger partial charge on any atom is 0.328 e. The van der Waals surface area contributed by atoms with E-state index in [1.807, 2.05) is 19.2 Å². The van der Waals surface area contributed by atoms with Crippen LogP contribution in [-0.4, -0.2) is 75.8 Å². The topological polar surface area (TPSA) is 208 Å². The highest BCUT2D eigenvalue weighted by molar-refractivity contribution is 5.95. The normalized spacial score (nSPS) is 15.0. The molecule has 31 heavy (non-hydrogen) atoms. The number of carbonyl (C=O) groups is 5. The van der Waals surface area contributed by atoms with Crippen LogP contribution in [0.25, 0.3) is 0 Å². The minimum absolute atomic E-state index is 0.0325. The molecule has 12 nitrogen and oxygen atoms in total. The third kappa shape index (κ3) is 11.3. The molecule has 0 aromatic heterocycles. The van der Waals surface area contributed by atoms with Gasteiger partial charge in [-0.15, -0.1) is 0 Å². The largest absolute Gasteiger partial charge is 0.481 e. The molecule has 0 aliphatic carbocycles. The number of rotatable bonds is 14. The second-order valence-corrected chi connectivity index (χ2v) is 8.17. The van der Waals surface area contributed by atoms with Crippen molar-refractivity contribution in [2.45, 2.75) is 71.1 Å². The van der Waals surface area contributed by atoms with Gasteiger partial charge >= 0.3 is 11.9 Å². The van der Waals surface area contributed by atoms with Crippen molar-refractivity contribution in [3.05, 3.63) is 0 Å². The summed E-state index contributed by atoms with van der Waals surface area (Å²) in [6.07, 6.45) is -0.240. The number of hydrogen-bond donors (Lipinski definition) is 7. The molecule has 178 valence electrons. The number of aliphatic hydroxyl groups is 1. The van der Waals surface area contributed by atoms with Crippen LogP contribution >= 0.6 is 0 Å². The zero-order valence-corrected chi connectivity index (χ0v) is 18.3. The van der Waals surface area contributed by atoms with Crippen LogP contribution in [-0.2, 0) is 24.0 Å². The molecule has 3 amide bonds. The molecule has 0 spiro atoms. The molecule has 0 aromatic carbocycles. The Balaban J connectivity index is 5.43. The van der Waals surface area contributed by atoms with E-state index in [0.717, 1.165) is 0 Å². The van der Waals surface area contributed by atoms with Crippen LogP contribution in [0.5, 0.6) is 0 Å². The highest BCUT2D eigenvalue weighted by Gasteiger charge is 2.31. The van der Waals surface area contributed by atoms with Gasteiger partial charge in [0.05, 0.1) is 19.1 Å². The van der Waals surface area contributed by atoms with Crippen LogP contribution in [0.1, 0.15) is 47.0 Å². The smallest absolute Gasteiger partial charge is 0.328 e. The fraction of sp³-hybridized carbons (Fsp3) is 0.737. The summed E-state index contributed by atoms with van der Waals surface area (Å²) in [4.78, 5) is 59.5. The molecule has 0 fully saturated rings. The lowest BCUT2D eigenvalue weighted by molar-refractivity contribution is -0.144. The number of nitrogens with two attached hydrogens (primary N) is 1. The number of carboxylic acids is 2. The summed E-state index contributed by atoms with van der Waals surface area (Å²) in [5.74, 6) is -5.29. The Morgan fingerprint density at radius 1 is 0.742 bits per heavy atom.